The SMILES string of the molecule is Cc1ccc(C2/C(=C(/O)c3ccncc3)C(=O)C(=O)N2c2ccc(S(N)(=O)=O)cc2)o1. The van der Waals surface area contributed by atoms with Crippen LogP contribution in [0, 0.1) is 6.92 Å². The second-order valence-corrected chi connectivity index (χ2v) is 8.45. The number of pyridine rings is 1. The third-order valence-electron chi connectivity index (χ3n) is 4.87. The minimum absolute atomic E-state index is 0.144. The molecular weight excluding hydrogens is 422 g/mol. The minimum Gasteiger partial charge on any atom is -0.507 e. The highest BCUT2D eigenvalue weighted by Gasteiger charge is 2.48. The first-order valence-corrected chi connectivity index (χ1v) is 10.6. The molecule has 1 aromatic carbocycles. The Balaban J connectivity index is 1.91. The summed E-state index contributed by atoms with van der Waals surface area (Å²) in [6.07, 6.45) is 2.90. The molecule has 0 radical (unpaired) electrons. The molecular formula is C21H17N3O6S. The standard InChI is InChI=1S/C21H17N3O6S/c1-12-2-7-16(30-12)18-17(19(25)13-8-10-23-11-9-13)20(26)21(27)24(18)14-3-5-15(6-4-14)31(22,28)29/h2-11,18,25H,1H3,(H2,22,28,29)/b19-17-. The number of primary sulfonamides is 1. The van der Waals surface area contributed by atoms with Crippen molar-refractivity contribution in [2.45, 2.75) is 17.9 Å². The number of ketones is 1. The first-order valence-electron chi connectivity index (χ1n) is 9.09. The van der Waals surface area contributed by atoms with E-state index in [1.165, 1.54) is 48.8 Å². The molecule has 3 heterocycles. The second-order valence-electron chi connectivity index (χ2n) is 6.89. The van der Waals surface area contributed by atoms with Gasteiger partial charge in [0.05, 0.1) is 10.5 Å². The molecule has 1 unspecified atom stereocenters. The molecule has 0 bridgehead atoms. The predicted molar refractivity (Wildman–Crippen MR) is 110 cm³/mol. The van der Waals surface area contributed by atoms with Crippen LogP contribution in [0.3, 0.4) is 0 Å². The van der Waals surface area contributed by atoms with E-state index < -0.39 is 27.8 Å². The smallest absolute Gasteiger partial charge is 0.300 e. The van der Waals surface area contributed by atoms with Crippen molar-refractivity contribution in [3.05, 3.63) is 83.6 Å². The van der Waals surface area contributed by atoms with Gasteiger partial charge in [-0.05, 0) is 55.5 Å². The highest BCUT2D eigenvalue weighted by atomic mass is 32.2. The summed E-state index contributed by atoms with van der Waals surface area (Å²) in [7, 11) is -3.93. The molecule has 31 heavy (non-hydrogen) atoms. The number of hydrogen-bond acceptors (Lipinski definition) is 7. The average Bonchev–Trinajstić information content (AvgIpc) is 3.29. The number of benzene rings is 1. The van der Waals surface area contributed by atoms with Gasteiger partial charge in [-0.15, -0.1) is 0 Å². The van der Waals surface area contributed by atoms with E-state index in [2.05, 4.69) is 4.98 Å². The van der Waals surface area contributed by atoms with Gasteiger partial charge in [0.25, 0.3) is 11.7 Å². The molecule has 1 aliphatic rings. The van der Waals surface area contributed by atoms with Gasteiger partial charge in [0.2, 0.25) is 10.0 Å². The number of rotatable bonds is 4. The number of furan rings is 1. The van der Waals surface area contributed by atoms with Crippen LogP contribution in [0.5, 0.6) is 0 Å². The number of aliphatic hydroxyl groups is 1. The molecule has 0 aliphatic carbocycles. The quantitative estimate of drug-likeness (QED) is 0.360. The second kappa shape index (κ2) is 7.49. The van der Waals surface area contributed by atoms with Crippen LogP contribution in [0.15, 0.2) is 75.8 Å². The van der Waals surface area contributed by atoms with Gasteiger partial charge in [-0.2, -0.15) is 0 Å². The van der Waals surface area contributed by atoms with E-state index in [1.54, 1.807) is 19.1 Å². The molecule has 3 aromatic rings. The number of amides is 1. The molecule has 158 valence electrons. The molecule has 1 saturated heterocycles. The molecule has 9 nitrogen and oxygen atoms in total. The molecule has 0 spiro atoms. The van der Waals surface area contributed by atoms with Gasteiger partial charge in [-0.25, -0.2) is 13.6 Å². The Morgan fingerprint density at radius 2 is 1.71 bits per heavy atom. The van der Waals surface area contributed by atoms with E-state index in [-0.39, 0.29) is 27.7 Å². The Kier molecular flexibility index (Phi) is 4.96. The van der Waals surface area contributed by atoms with Gasteiger partial charge in [0, 0.05) is 23.6 Å². The summed E-state index contributed by atoms with van der Waals surface area (Å²) in [5.74, 6) is -1.35. The summed E-state index contributed by atoms with van der Waals surface area (Å²) in [6, 6.07) is 10.4. The van der Waals surface area contributed by atoms with Crippen LogP contribution >= 0.6 is 0 Å². The Labute approximate surface area is 177 Å². The van der Waals surface area contributed by atoms with E-state index in [4.69, 9.17) is 9.56 Å². The Bertz CT molecular complexity index is 1310. The van der Waals surface area contributed by atoms with Gasteiger partial charge in [-0.3, -0.25) is 19.5 Å². The molecule has 4 rings (SSSR count). The van der Waals surface area contributed by atoms with Crippen LogP contribution in [-0.4, -0.2) is 30.2 Å². The number of carbonyl (C=O) groups excluding carboxylic acids is 2. The maximum absolute atomic E-state index is 13.0. The maximum Gasteiger partial charge on any atom is 0.300 e. The van der Waals surface area contributed by atoms with Crippen molar-refractivity contribution in [1.29, 1.82) is 0 Å². The Morgan fingerprint density at radius 3 is 2.26 bits per heavy atom. The number of sulfonamides is 1. The van der Waals surface area contributed by atoms with Crippen LogP contribution < -0.4 is 10.0 Å². The molecule has 1 fully saturated rings. The van der Waals surface area contributed by atoms with Gasteiger partial charge in [0.15, 0.2) is 0 Å². The monoisotopic (exact) mass is 439 g/mol. The largest absolute Gasteiger partial charge is 0.507 e. The van der Waals surface area contributed by atoms with E-state index in [0.717, 1.165) is 4.90 Å². The topological polar surface area (TPSA) is 144 Å². The maximum atomic E-state index is 13.0. The predicted octanol–water partition coefficient (Wildman–Crippen LogP) is 2.26. The first-order chi connectivity index (χ1) is 14.7. The molecule has 3 N–H and O–H groups in total. The van der Waals surface area contributed by atoms with Crippen LogP contribution in [0.4, 0.5) is 5.69 Å². The van der Waals surface area contributed by atoms with Crippen molar-refractivity contribution in [2.24, 2.45) is 5.14 Å². The van der Waals surface area contributed by atoms with Gasteiger partial charge in [0.1, 0.15) is 23.3 Å². The summed E-state index contributed by atoms with van der Waals surface area (Å²) in [6.45, 7) is 1.71. The number of hydrogen-bond donors (Lipinski definition) is 2. The van der Waals surface area contributed by atoms with Crippen LogP contribution in [0.1, 0.15) is 23.1 Å². The van der Waals surface area contributed by atoms with Crippen molar-refractivity contribution in [3.63, 3.8) is 0 Å². The molecule has 0 saturated carbocycles. The molecule has 2 aromatic heterocycles. The lowest BCUT2D eigenvalue weighted by atomic mass is 9.99. The van der Waals surface area contributed by atoms with Gasteiger partial charge in [-0.1, -0.05) is 0 Å². The molecule has 10 heteroatoms. The molecule has 1 aliphatic heterocycles. The van der Waals surface area contributed by atoms with Crippen molar-refractivity contribution >= 4 is 33.2 Å². The zero-order valence-corrected chi connectivity index (χ0v) is 17.0. The van der Waals surface area contributed by atoms with E-state index in [9.17, 15) is 23.1 Å². The van der Waals surface area contributed by atoms with Crippen molar-refractivity contribution < 1.29 is 27.5 Å². The Morgan fingerprint density at radius 1 is 1.06 bits per heavy atom. The number of aryl methyl sites for hydroxylation is 1. The van der Waals surface area contributed by atoms with E-state index >= 15 is 0 Å². The first kappa shape index (κ1) is 20.5. The zero-order chi connectivity index (χ0) is 22.3. The van der Waals surface area contributed by atoms with Crippen LogP contribution in [0.2, 0.25) is 0 Å². The van der Waals surface area contributed by atoms with Gasteiger partial charge < -0.3 is 9.52 Å². The number of carbonyl (C=O) groups is 2. The van der Waals surface area contributed by atoms with E-state index in [1.807, 2.05) is 0 Å². The fourth-order valence-electron chi connectivity index (χ4n) is 3.43. The lowest BCUT2D eigenvalue weighted by Crippen LogP contribution is -2.29. The lowest BCUT2D eigenvalue weighted by Gasteiger charge is -2.23. The average molecular weight is 439 g/mol. The number of aliphatic hydroxyl groups excluding tert-OH is 1. The third kappa shape index (κ3) is 3.62. The third-order valence-corrected chi connectivity index (χ3v) is 5.80. The number of aromatic nitrogens is 1. The normalized spacial score (nSPS) is 18.5. The summed E-state index contributed by atoms with van der Waals surface area (Å²) in [5, 5.41) is 16.0. The molecule has 1 atom stereocenters. The number of nitrogens with zero attached hydrogens (tertiary/aromatic N) is 2. The fraction of sp³-hybridized carbons (Fsp3) is 0.0952. The summed E-state index contributed by atoms with van der Waals surface area (Å²) in [5.41, 5.74) is 0.397. The number of Topliss-reactive ketones (excluding diaryl/α,β-unsaturated/α-hetero) is 1. The lowest BCUT2D eigenvalue weighted by molar-refractivity contribution is -0.132. The summed E-state index contributed by atoms with van der Waals surface area (Å²) in [4.78, 5) is 30.8. The van der Waals surface area contributed by atoms with Crippen molar-refractivity contribution in [2.75, 3.05) is 4.90 Å². The summed E-state index contributed by atoms with van der Waals surface area (Å²) < 4.78 is 28.8. The number of nitrogens with two attached hydrogens (primary N) is 1. The van der Waals surface area contributed by atoms with E-state index in [0.29, 0.717) is 11.3 Å². The van der Waals surface area contributed by atoms with Crippen molar-refractivity contribution in [1.82, 2.24) is 4.98 Å². The minimum atomic E-state index is -3.93. The van der Waals surface area contributed by atoms with Gasteiger partial charge >= 0.3 is 0 Å². The molecule has 1 amide bonds. The number of anilines is 1. The van der Waals surface area contributed by atoms with Crippen molar-refractivity contribution in [3.8, 4) is 0 Å². The van der Waals surface area contributed by atoms with Crippen LogP contribution in [-0.2, 0) is 19.6 Å². The summed E-state index contributed by atoms with van der Waals surface area (Å²) >= 11 is 0. The zero-order valence-electron chi connectivity index (χ0n) is 16.2. The highest BCUT2D eigenvalue weighted by molar-refractivity contribution is 7.89. The fourth-order valence-corrected chi connectivity index (χ4v) is 3.95. The highest BCUT2D eigenvalue weighted by Crippen LogP contribution is 2.42. The Hall–Kier alpha value is -3.76. The van der Waals surface area contributed by atoms with Crippen LogP contribution in [0.25, 0.3) is 5.76 Å².